The van der Waals surface area contributed by atoms with E-state index in [1.807, 2.05) is 13.8 Å². The predicted molar refractivity (Wildman–Crippen MR) is 53.2 cm³/mol. The van der Waals surface area contributed by atoms with E-state index in [4.69, 9.17) is 17.3 Å². The highest BCUT2D eigenvalue weighted by molar-refractivity contribution is 6.29. The van der Waals surface area contributed by atoms with Gasteiger partial charge in [-0.05, 0) is 5.92 Å². The summed E-state index contributed by atoms with van der Waals surface area (Å²) in [6.45, 7) is 3.99. The molecular formula is C9H10ClN3. The van der Waals surface area contributed by atoms with Gasteiger partial charge in [0.1, 0.15) is 5.15 Å². The molecule has 0 aliphatic carbocycles. The lowest BCUT2D eigenvalue weighted by molar-refractivity contribution is 0.866. The number of nitrogen functional groups attached to an aromatic ring is 1. The van der Waals surface area contributed by atoms with Gasteiger partial charge in [0.2, 0.25) is 0 Å². The quantitative estimate of drug-likeness (QED) is 0.642. The van der Waals surface area contributed by atoms with Crippen LogP contribution in [-0.4, -0.2) is 9.97 Å². The van der Waals surface area contributed by atoms with Gasteiger partial charge in [0.25, 0.3) is 0 Å². The van der Waals surface area contributed by atoms with Gasteiger partial charge >= 0.3 is 0 Å². The second-order valence-corrected chi connectivity index (χ2v) is 3.24. The summed E-state index contributed by atoms with van der Waals surface area (Å²) in [4.78, 5) is 7.79. The summed E-state index contributed by atoms with van der Waals surface area (Å²) in [5.41, 5.74) is 6.03. The molecule has 68 valence electrons. The summed E-state index contributed by atoms with van der Waals surface area (Å²) < 4.78 is 0. The van der Waals surface area contributed by atoms with E-state index in [0.717, 1.165) is 0 Å². The SMILES string of the molecule is CC(C)C#Cc1ncc(Cl)nc1N. The lowest BCUT2D eigenvalue weighted by Gasteiger charge is -1.96. The van der Waals surface area contributed by atoms with E-state index < -0.39 is 0 Å². The molecule has 1 heterocycles. The molecule has 0 unspecified atom stereocenters. The topological polar surface area (TPSA) is 51.8 Å². The molecular weight excluding hydrogens is 186 g/mol. The molecule has 1 aromatic heterocycles. The van der Waals surface area contributed by atoms with Crippen LogP contribution in [0.1, 0.15) is 19.5 Å². The highest BCUT2D eigenvalue weighted by Crippen LogP contribution is 2.08. The van der Waals surface area contributed by atoms with Crippen LogP contribution >= 0.6 is 11.6 Å². The summed E-state index contributed by atoms with van der Waals surface area (Å²) in [6, 6.07) is 0. The number of rotatable bonds is 0. The Balaban J connectivity index is 2.98. The van der Waals surface area contributed by atoms with Crippen molar-refractivity contribution in [3.05, 3.63) is 17.0 Å². The maximum atomic E-state index is 5.58. The highest BCUT2D eigenvalue weighted by Gasteiger charge is 1.99. The first-order valence-electron chi connectivity index (χ1n) is 3.89. The summed E-state index contributed by atoms with van der Waals surface area (Å²) in [5.74, 6) is 6.35. The molecule has 13 heavy (non-hydrogen) atoms. The number of hydrogen-bond donors (Lipinski definition) is 1. The molecule has 3 nitrogen and oxygen atoms in total. The number of hydrogen-bond acceptors (Lipinski definition) is 3. The van der Waals surface area contributed by atoms with Gasteiger partial charge in [-0.3, -0.25) is 0 Å². The number of anilines is 1. The normalized spacial score (nSPS) is 9.54. The molecule has 1 aromatic rings. The van der Waals surface area contributed by atoms with Gasteiger partial charge in [0, 0.05) is 5.92 Å². The lowest BCUT2D eigenvalue weighted by Crippen LogP contribution is -1.97. The third kappa shape index (κ3) is 2.92. The van der Waals surface area contributed by atoms with Gasteiger partial charge in [-0.25, -0.2) is 9.97 Å². The third-order valence-corrected chi connectivity index (χ3v) is 1.43. The van der Waals surface area contributed by atoms with Crippen molar-refractivity contribution in [1.29, 1.82) is 0 Å². The molecule has 4 heteroatoms. The van der Waals surface area contributed by atoms with Gasteiger partial charge in [0.05, 0.1) is 6.20 Å². The largest absolute Gasteiger partial charge is 0.381 e. The molecule has 0 fully saturated rings. The van der Waals surface area contributed by atoms with Crippen molar-refractivity contribution in [1.82, 2.24) is 9.97 Å². The fourth-order valence-corrected chi connectivity index (χ4v) is 0.830. The van der Waals surface area contributed by atoms with Crippen LogP contribution in [0.15, 0.2) is 6.20 Å². The van der Waals surface area contributed by atoms with Gasteiger partial charge < -0.3 is 5.73 Å². The molecule has 1 rings (SSSR count). The zero-order chi connectivity index (χ0) is 9.84. The Hall–Kier alpha value is -1.27. The van der Waals surface area contributed by atoms with Crippen LogP contribution in [0.2, 0.25) is 5.15 Å². The van der Waals surface area contributed by atoms with Crippen molar-refractivity contribution in [2.45, 2.75) is 13.8 Å². The van der Waals surface area contributed by atoms with E-state index in [1.54, 1.807) is 0 Å². The fourth-order valence-electron chi connectivity index (χ4n) is 0.690. The molecule has 0 saturated heterocycles. The van der Waals surface area contributed by atoms with E-state index in [1.165, 1.54) is 6.20 Å². The Labute approximate surface area is 82.3 Å². The van der Waals surface area contributed by atoms with E-state index in [9.17, 15) is 0 Å². The fraction of sp³-hybridized carbons (Fsp3) is 0.333. The van der Waals surface area contributed by atoms with Crippen molar-refractivity contribution in [2.24, 2.45) is 5.92 Å². The molecule has 0 aliphatic heterocycles. The van der Waals surface area contributed by atoms with Gasteiger partial charge in [-0.2, -0.15) is 0 Å². The first kappa shape index (κ1) is 9.82. The summed E-state index contributed by atoms with van der Waals surface area (Å²) in [6.07, 6.45) is 1.43. The zero-order valence-corrected chi connectivity index (χ0v) is 8.26. The maximum Gasteiger partial charge on any atom is 0.159 e. The number of aromatic nitrogens is 2. The molecule has 0 radical (unpaired) electrons. The Bertz CT molecular complexity index is 363. The number of nitrogens with zero attached hydrogens (tertiary/aromatic N) is 2. The van der Waals surface area contributed by atoms with Gasteiger partial charge in [-0.1, -0.05) is 31.4 Å². The molecule has 2 N–H and O–H groups in total. The predicted octanol–water partition coefficient (Wildman–Crippen LogP) is 1.72. The van der Waals surface area contributed by atoms with Crippen LogP contribution < -0.4 is 5.73 Å². The summed E-state index contributed by atoms with van der Waals surface area (Å²) in [5, 5.41) is 0.285. The van der Waals surface area contributed by atoms with Gasteiger partial charge in [0.15, 0.2) is 11.5 Å². The average Bonchev–Trinajstić information content (AvgIpc) is 2.02. The van der Waals surface area contributed by atoms with E-state index in [0.29, 0.717) is 5.69 Å². The van der Waals surface area contributed by atoms with Crippen LogP contribution in [0, 0.1) is 17.8 Å². The minimum atomic E-state index is 0.278. The van der Waals surface area contributed by atoms with Crippen molar-refractivity contribution in [3.8, 4) is 11.8 Å². The van der Waals surface area contributed by atoms with Crippen LogP contribution in [0.4, 0.5) is 5.82 Å². The van der Waals surface area contributed by atoms with Crippen LogP contribution in [0.25, 0.3) is 0 Å². The van der Waals surface area contributed by atoms with Crippen molar-refractivity contribution in [3.63, 3.8) is 0 Å². The van der Waals surface area contributed by atoms with Crippen molar-refractivity contribution in [2.75, 3.05) is 5.73 Å². The van der Waals surface area contributed by atoms with E-state index in [-0.39, 0.29) is 16.9 Å². The second-order valence-electron chi connectivity index (χ2n) is 2.85. The summed E-state index contributed by atoms with van der Waals surface area (Å²) >= 11 is 5.58. The molecule has 0 atom stereocenters. The summed E-state index contributed by atoms with van der Waals surface area (Å²) in [7, 11) is 0. The van der Waals surface area contributed by atoms with E-state index >= 15 is 0 Å². The average molecular weight is 196 g/mol. The molecule has 0 aliphatic rings. The minimum Gasteiger partial charge on any atom is -0.381 e. The van der Waals surface area contributed by atoms with Crippen LogP contribution in [0.5, 0.6) is 0 Å². The first-order valence-corrected chi connectivity index (χ1v) is 4.27. The second kappa shape index (κ2) is 4.11. The Morgan fingerprint density at radius 3 is 2.77 bits per heavy atom. The number of nitrogens with two attached hydrogens (primary N) is 1. The standard InChI is InChI=1S/C9H10ClN3/c1-6(2)3-4-7-9(11)13-8(10)5-12-7/h5-6H,1-2H3,(H2,11,13). The molecule has 0 bridgehead atoms. The van der Waals surface area contributed by atoms with Crippen LogP contribution in [-0.2, 0) is 0 Å². The molecule has 0 aromatic carbocycles. The molecule has 0 spiro atoms. The molecule has 0 saturated carbocycles. The smallest absolute Gasteiger partial charge is 0.159 e. The zero-order valence-electron chi connectivity index (χ0n) is 7.50. The monoisotopic (exact) mass is 195 g/mol. The van der Waals surface area contributed by atoms with Gasteiger partial charge in [-0.15, -0.1) is 0 Å². The Kier molecular flexibility index (Phi) is 3.10. The minimum absolute atomic E-state index is 0.278. The van der Waals surface area contributed by atoms with E-state index in [2.05, 4.69) is 21.8 Å². The Morgan fingerprint density at radius 2 is 2.23 bits per heavy atom. The lowest BCUT2D eigenvalue weighted by atomic mass is 10.2. The van der Waals surface area contributed by atoms with Crippen LogP contribution in [0.3, 0.4) is 0 Å². The van der Waals surface area contributed by atoms with Crippen molar-refractivity contribution < 1.29 is 0 Å². The molecule has 0 amide bonds. The number of halogens is 1. The first-order chi connectivity index (χ1) is 6.09. The maximum absolute atomic E-state index is 5.58. The van der Waals surface area contributed by atoms with Crippen molar-refractivity contribution >= 4 is 17.4 Å². The highest BCUT2D eigenvalue weighted by atomic mass is 35.5. The Morgan fingerprint density at radius 1 is 1.54 bits per heavy atom. The third-order valence-electron chi connectivity index (χ3n) is 1.25.